The van der Waals surface area contributed by atoms with Crippen molar-refractivity contribution in [3.8, 4) is 6.07 Å². The largest absolute Gasteiger partial charge is 0.375 e. The monoisotopic (exact) mass is 283 g/mol. The first-order valence-electron chi connectivity index (χ1n) is 7.03. The maximum Gasteiger partial charge on any atom is 0.246 e. The van der Waals surface area contributed by atoms with Crippen LogP contribution in [0.5, 0.6) is 0 Å². The molecule has 5 heteroatoms. The topological polar surface area (TPSA) is 77.9 Å². The molecule has 108 valence electrons. The molecule has 1 aromatic carbocycles. The number of ether oxygens (including phenoxy) is 1. The Balaban J connectivity index is 1.87. The third kappa shape index (κ3) is 2.63. The zero-order valence-electron chi connectivity index (χ0n) is 11.9. The van der Waals surface area contributed by atoms with E-state index >= 15 is 0 Å². The second kappa shape index (κ2) is 5.58. The number of hydrogen-bond donors (Lipinski definition) is 2. The van der Waals surface area contributed by atoms with Crippen molar-refractivity contribution in [1.29, 1.82) is 5.26 Å². The van der Waals surface area contributed by atoms with Crippen LogP contribution < -0.4 is 5.32 Å². The van der Waals surface area contributed by atoms with Crippen LogP contribution in [0.2, 0.25) is 0 Å². The fourth-order valence-electron chi connectivity index (χ4n) is 3.01. The number of aromatic amines is 1. The predicted molar refractivity (Wildman–Crippen MR) is 78.8 cm³/mol. The normalized spacial score (nSPS) is 17.2. The number of fused-ring (bicyclic) bond motifs is 3. The summed E-state index contributed by atoms with van der Waals surface area (Å²) in [6.45, 7) is 0.0931. The average Bonchev–Trinajstić information content (AvgIpc) is 2.84. The zero-order chi connectivity index (χ0) is 14.8. The molecule has 1 atom stereocenters. The van der Waals surface area contributed by atoms with E-state index < -0.39 is 0 Å². The summed E-state index contributed by atoms with van der Waals surface area (Å²) in [5.74, 6) is -0.0801. The lowest BCUT2D eigenvalue weighted by Gasteiger charge is -2.23. The van der Waals surface area contributed by atoms with Crippen LogP contribution >= 0.6 is 0 Å². The fraction of sp³-hybridized carbons (Fsp3) is 0.375. The van der Waals surface area contributed by atoms with E-state index in [1.165, 1.54) is 18.4 Å². The summed E-state index contributed by atoms with van der Waals surface area (Å²) in [5, 5.41) is 13.1. The van der Waals surface area contributed by atoms with Gasteiger partial charge in [0, 0.05) is 29.7 Å². The SMILES string of the molecule is COCC(=O)NC1CCc2[nH]c3ccc(C#N)cc3c2C1. The number of hydrogen-bond acceptors (Lipinski definition) is 3. The number of benzene rings is 1. The van der Waals surface area contributed by atoms with Crippen molar-refractivity contribution < 1.29 is 9.53 Å². The van der Waals surface area contributed by atoms with Crippen LogP contribution in [0.3, 0.4) is 0 Å². The van der Waals surface area contributed by atoms with Crippen LogP contribution in [0.4, 0.5) is 0 Å². The summed E-state index contributed by atoms with van der Waals surface area (Å²) in [7, 11) is 1.52. The van der Waals surface area contributed by atoms with E-state index in [0.29, 0.717) is 5.56 Å². The van der Waals surface area contributed by atoms with Crippen molar-refractivity contribution in [2.75, 3.05) is 13.7 Å². The molecule has 5 nitrogen and oxygen atoms in total. The van der Waals surface area contributed by atoms with Gasteiger partial charge in [0.05, 0.1) is 11.6 Å². The van der Waals surface area contributed by atoms with Crippen molar-refractivity contribution in [3.05, 3.63) is 35.0 Å². The van der Waals surface area contributed by atoms with Crippen LogP contribution in [0.15, 0.2) is 18.2 Å². The van der Waals surface area contributed by atoms with E-state index in [4.69, 9.17) is 10.00 Å². The Hall–Kier alpha value is -2.32. The Morgan fingerprint density at radius 2 is 2.43 bits per heavy atom. The van der Waals surface area contributed by atoms with Gasteiger partial charge in [-0.25, -0.2) is 0 Å². The van der Waals surface area contributed by atoms with E-state index in [-0.39, 0.29) is 18.6 Å². The quantitative estimate of drug-likeness (QED) is 0.899. The Morgan fingerprint density at radius 3 is 3.19 bits per heavy atom. The molecule has 0 saturated heterocycles. The molecule has 2 N–H and O–H groups in total. The maximum absolute atomic E-state index is 11.6. The Morgan fingerprint density at radius 1 is 1.57 bits per heavy atom. The number of rotatable bonds is 3. The highest BCUT2D eigenvalue weighted by atomic mass is 16.5. The lowest BCUT2D eigenvalue weighted by Crippen LogP contribution is -2.40. The first kappa shape index (κ1) is 13.7. The van der Waals surface area contributed by atoms with Crippen LogP contribution in [0, 0.1) is 11.3 Å². The van der Waals surface area contributed by atoms with Gasteiger partial charge in [0.1, 0.15) is 6.61 Å². The first-order valence-corrected chi connectivity index (χ1v) is 7.03. The molecule has 1 amide bonds. The highest BCUT2D eigenvalue weighted by Gasteiger charge is 2.23. The minimum absolute atomic E-state index is 0.0801. The third-order valence-corrected chi connectivity index (χ3v) is 3.96. The molecular formula is C16H17N3O2. The van der Waals surface area contributed by atoms with Gasteiger partial charge in [-0.05, 0) is 43.0 Å². The van der Waals surface area contributed by atoms with Crippen molar-refractivity contribution in [3.63, 3.8) is 0 Å². The van der Waals surface area contributed by atoms with Crippen LogP contribution in [-0.4, -0.2) is 30.6 Å². The van der Waals surface area contributed by atoms with Crippen molar-refractivity contribution >= 4 is 16.8 Å². The summed E-state index contributed by atoms with van der Waals surface area (Å²) < 4.78 is 4.85. The molecule has 0 bridgehead atoms. The van der Waals surface area contributed by atoms with Gasteiger partial charge in [-0.3, -0.25) is 4.79 Å². The summed E-state index contributed by atoms with van der Waals surface area (Å²) in [4.78, 5) is 15.1. The van der Waals surface area contributed by atoms with E-state index in [2.05, 4.69) is 16.4 Å². The molecular weight excluding hydrogens is 266 g/mol. The molecule has 1 unspecified atom stereocenters. The van der Waals surface area contributed by atoms with Crippen molar-refractivity contribution in [2.24, 2.45) is 0 Å². The van der Waals surface area contributed by atoms with Crippen LogP contribution in [0.1, 0.15) is 23.2 Å². The van der Waals surface area contributed by atoms with Gasteiger partial charge in [0.25, 0.3) is 0 Å². The smallest absolute Gasteiger partial charge is 0.246 e. The van der Waals surface area contributed by atoms with Gasteiger partial charge in [-0.1, -0.05) is 0 Å². The molecule has 1 aliphatic rings. The molecule has 21 heavy (non-hydrogen) atoms. The second-order valence-electron chi connectivity index (χ2n) is 5.39. The molecule has 0 saturated carbocycles. The molecule has 0 aliphatic heterocycles. The van der Waals surface area contributed by atoms with Crippen molar-refractivity contribution in [2.45, 2.75) is 25.3 Å². The Bertz CT molecular complexity index is 727. The average molecular weight is 283 g/mol. The maximum atomic E-state index is 11.6. The number of nitrogens with one attached hydrogen (secondary N) is 2. The summed E-state index contributed by atoms with van der Waals surface area (Å²) >= 11 is 0. The molecule has 0 fully saturated rings. The molecule has 1 aromatic heterocycles. The van der Waals surface area contributed by atoms with Gasteiger partial charge in [-0.15, -0.1) is 0 Å². The number of amides is 1. The molecule has 2 aromatic rings. The van der Waals surface area contributed by atoms with E-state index in [1.807, 2.05) is 18.2 Å². The van der Waals surface area contributed by atoms with Gasteiger partial charge in [0.2, 0.25) is 5.91 Å². The lowest BCUT2D eigenvalue weighted by molar-refractivity contribution is -0.125. The molecule has 1 aliphatic carbocycles. The molecule has 1 heterocycles. The van der Waals surface area contributed by atoms with Crippen molar-refractivity contribution in [1.82, 2.24) is 10.3 Å². The highest BCUT2D eigenvalue weighted by Crippen LogP contribution is 2.29. The highest BCUT2D eigenvalue weighted by molar-refractivity contribution is 5.86. The number of H-pyrrole nitrogens is 1. The number of carbonyl (C=O) groups excluding carboxylic acids is 1. The Kier molecular flexibility index (Phi) is 3.63. The molecule has 0 spiro atoms. The number of aryl methyl sites for hydroxylation is 1. The summed E-state index contributed by atoms with van der Waals surface area (Å²) in [6.07, 6.45) is 2.61. The number of carbonyl (C=O) groups is 1. The number of nitriles is 1. The lowest BCUT2D eigenvalue weighted by atomic mass is 9.91. The number of nitrogens with zero attached hydrogens (tertiary/aromatic N) is 1. The summed E-state index contributed by atoms with van der Waals surface area (Å²) in [5.41, 5.74) is 4.16. The second-order valence-corrected chi connectivity index (χ2v) is 5.39. The standard InChI is InChI=1S/C16H17N3O2/c1-21-9-16(20)18-11-3-5-15-13(7-11)12-6-10(8-17)2-4-14(12)19-15/h2,4,6,11,19H,3,5,7,9H2,1H3,(H,18,20). The number of aromatic nitrogens is 1. The van der Waals surface area contributed by atoms with E-state index in [1.54, 1.807) is 0 Å². The minimum Gasteiger partial charge on any atom is -0.375 e. The van der Waals surface area contributed by atoms with E-state index in [0.717, 1.165) is 30.2 Å². The third-order valence-electron chi connectivity index (χ3n) is 3.96. The first-order chi connectivity index (χ1) is 10.2. The van der Waals surface area contributed by atoms with Crippen LogP contribution in [-0.2, 0) is 22.4 Å². The zero-order valence-corrected chi connectivity index (χ0v) is 11.9. The fourth-order valence-corrected chi connectivity index (χ4v) is 3.01. The van der Waals surface area contributed by atoms with E-state index in [9.17, 15) is 4.79 Å². The Labute approximate surface area is 122 Å². The van der Waals surface area contributed by atoms with Gasteiger partial charge < -0.3 is 15.0 Å². The number of methoxy groups -OCH3 is 1. The van der Waals surface area contributed by atoms with Gasteiger partial charge in [-0.2, -0.15) is 5.26 Å². The summed E-state index contributed by atoms with van der Waals surface area (Å²) in [6, 6.07) is 8.00. The van der Waals surface area contributed by atoms with Gasteiger partial charge in [0.15, 0.2) is 0 Å². The van der Waals surface area contributed by atoms with Crippen LogP contribution in [0.25, 0.3) is 10.9 Å². The molecule has 0 radical (unpaired) electrons. The van der Waals surface area contributed by atoms with Gasteiger partial charge >= 0.3 is 0 Å². The molecule has 3 rings (SSSR count). The predicted octanol–water partition coefficient (Wildman–Crippen LogP) is 1.66. The minimum atomic E-state index is -0.0801.